The summed E-state index contributed by atoms with van der Waals surface area (Å²) in [6, 6.07) is 13.9. The van der Waals surface area contributed by atoms with Crippen molar-refractivity contribution in [1.29, 1.82) is 0 Å². The Bertz CT molecular complexity index is 906. The fourth-order valence-corrected chi connectivity index (χ4v) is 3.56. The molecule has 0 saturated carbocycles. The van der Waals surface area contributed by atoms with E-state index in [9.17, 15) is 9.59 Å². The van der Waals surface area contributed by atoms with Crippen LogP contribution < -0.4 is 14.9 Å². The first kappa shape index (κ1) is 18.9. The molecule has 27 heavy (non-hydrogen) atoms. The number of carbonyl (C=O) groups is 2. The minimum atomic E-state index is -0.406. The van der Waals surface area contributed by atoms with E-state index in [4.69, 9.17) is 21.7 Å². The summed E-state index contributed by atoms with van der Waals surface area (Å²) in [5.41, 5.74) is 3.71. The number of hydrogen-bond donors (Lipinski definition) is 1. The molecule has 2 amide bonds. The predicted molar refractivity (Wildman–Crippen MR) is 108 cm³/mol. The fourth-order valence-electron chi connectivity index (χ4n) is 2.38. The van der Waals surface area contributed by atoms with Gasteiger partial charge in [0.2, 0.25) is 0 Å². The highest BCUT2D eigenvalue weighted by atomic mass is 32.2. The van der Waals surface area contributed by atoms with Crippen LogP contribution in [-0.2, 0) is 4.79 Å². The quantitative estimate of drug-likeness (QED) is 0.614. The molecule has 1 aliphatic rings. The lowest BCUT2D eigenvalue weighted by Crippen LogP contribution is -2.44. The third kappa shape index (κ3) is 4.29. The van der Waals surface area contributed by atoms with Crippen LogP contribution in [0.4, 0.5) is 0 Å². The van der Waals surface area contributed by atoms with Gasteiger partial charge in [0.25, 0.3) is 11.8 Å². The van der Waals surface area contributed by atoms with Crippen molar-refractivity contribution >= 4 is 46.2 Å². The van der Waals surface area contributed by atoms with Gasteiger partial charge in [0.15, 0.2) is 4.32 Å². The second-order valence-electron chi connectivity index (χ2n) is 5.47. The van der Waals surface area contributed by atoms with Gasteiger partial charge in [0, 0.05) is 11.6 Å². The maximum absolute atomic E-state index is 12.7. The highest BCUT2D eigenvalue weighted by Crippen LogP contribution is 2.33. The van der Waals surface area contributed by atoms with Crippen molar-refractivity contribution in [3.8, 4) is 11.5 Å². The molecule has 0 unspecified atom stereocenters. The van der Waals surface area contributed by atoms with E-state index in [0.717, 1.165) is 22.3 Å². The third-order valence-electron chi connectivity index (χ3n) is 3.71. The second kappa shape index (κ2) is 8.24. The highest BCUT2D eigenvalue weighted by molar-refractivity contribution is 8.26. The molecule has 138 valence electrons. The van der Waals surface area contributed by atoms with Gasteiger partial charge in [-0.3, -0.25) is 15.0 Å². The lowest BCUT2D eigenvalue weighted by Gasteiger charge is -2.15. The van der Waals surface area contributed by atoms with Crippen LogP contribution in [0, 0.1) is 0 Å². The molecular formula is C19H16N2O4S2. The Hall–Kier alpha value is -2.84. The average molecular weight is 400 g/mol. The zero-order valence-electron chi connectivity index (χ0n) is 14.6. The number of rotatable bonds is 5. The van der Waals surface area contributed by atoms with Crippen LogP contribution in [0.2, 0.25) is 0 Å². The van der Waals surface area contributed by atoms with Gasteiger partial charge in [-0.25, -0.2) is 0 Å². The van der Waals surface area contributed by atoms with Crippen LogP contribution in [0.25, 0.3) is 6.08 Å². The molecule has 8 heteroatoms. The lowest BCUT2D eigenvalue weighted by atomic mass is 10.2. The number of benzene rings is 2. The van der Waals surface area contributed by atoms with E-state index < -0.39 is 11.8 Å². The summed E-state index contributed by atoms with van der Waals surface area (Å²) in [7, 11) is 3.11. The summed E-state index contributed by atoms with van der Waals surface area (Å²) in [5.74, 6) is 0.411. The smallest absolute Gasteiger partial charge is 0.285 e. The number of hydrazine groups is 1. The summed E-state index contributed by atoms with van der Waals surface area (Å²) < 4.78 is 10.7. The number of nitrogens with zero attached hydrogens (tertiary/aromatic N) is 1. The molecule has 0 aliphatic carbocycles. The standard InChI is InChI=1S/C19H16N2O4S2/c1-24-14-8-12(9-15(11-14)25-2)10-16-18(23)21(19(26)27-16)20-17(22)13-6-4-3-5-7-13/h3-11H,1-2H3,(H,20,22)/b16-10-. The molecule has 0 aromatic heterocycles. The summed E-state index contributed by atoms with van der Waals surface area (Å²) >= 11 is 6.35. The lowest BCUT2D eigenvalue weighted by molar-refractivity contribution is -0.123. The number of hydrogen-bond acceptors (Lipinski definition) is 6. The van der Waals surface area contributed by atoms with Crippen molar-refractivity contribution in [1.82, 2.24) is 10.4 Å². The van der Waals surface area contributed by atoms with Crippen LogP contribution in [0.3, 0.4) is 0 Å². The first-order chi connectivity index (χ1) is 13.0. The largest absolute Gasteiger partial charge is 0.497 e. The molecule has 2 aromatic rings. The Morgan fingerprint density at radius 1 is 1.11 bits per heavy atom. The van der Waals surface area contributed by atoms with Gasteiger partial charge in [-0.1, -0.05) is 30.0 Å². The molecule has 0 spiro atoms. The van der Waals surface area contributed by atoms with Crippen LogP contribution in [-0.4, -0.2) is 35.4 Å². The van der Waals surface area contributed by atoms with Gasteiger partial charge in [-0.15, -0.1) is 0 Å². The molecular weight excluding hydrogens is 384 g/mol. The van der Waals surface area contributed by atoms with Crippen molar-refractivity contribution in [2.24, 2.45) is 0 Å². The van der Waals surface area contributed by atoms with E-state index in [2.05, 4.69) is 5.43 Å². The summed E-state index contributed by atoms with van der Waals surface area (Å²) in [6.07, 6.45) is 1.68. The monoisotopic (exact) mass is 400 g/mol. The van der Waals surface area contributed by atoms with Gasteiger partial charge >= 0.3 is 0 Å². The summed E-state index contributed by atoms with van der Waals surface area (Å²) in [5, 5.41) is 1.08. The van der Waals surface area contributed by atoms with E-state index in [1.165, 1.54) is 0 Å². The number of thioether (sulfide) groups is 1. The molecule has 3 rings (SSSR count). The molecule has 6 nitrogen and oxygen atoms in total. The van der Waals surface area contributed by atoms with Gasteiger partial charge in [-0.2, -0.15) is 5.01 Å². The average Bonchev–Trinajstić information content (AvgIpc) is 2.95. The SMILES string of the molecule is COc1cc(/C=C2\SC(=S)N(NC(=O)c3ccccc3)C2=O)cc(OC)c1. The van der Waals surface area contributed by atoms with Gasteiger partial charge in [0.05, 0.1) is 19.1 Å². The zero-order valence-corrected chi connectivity index (χ0v) is 16.2. The second-order valence-corrected chi connectivity index (χ2v) is 7.15. The highest BCUT2D eigenvalue weighted by Gasteiger charge is 2.33. The maximum Gasteiger partial charge on any atom is 0.285 e. The number of nitrogens with one attached hydrogen (secondary N) is 1. The molecule has 1 aliphatic heterocycles. The first-order valence-electron chi connectivity index (χ1n) is 7.89. The third-order valence-corrected chi connectivity index (χ3v) is 5.02. The van der Waals surface area contributed by atoms with E-state index in [1.54, 1.807) is 62.8 Å². The minimum Gasteiger partial charge on any atom is -0.497 e. The molecule has 1 saturated heterocycles. The van der Waals surface area contributed by atoms with Crippen molar-refractivity contribution in [2.45, 2.75) is 0 Å². The van der Waals surface area contributed by atoms with Crippen LogP contribution >= 0.6 is 24.0 Å². The van der Waals surface area contributed by atoms with Crippen LogP contribution in [0.5, 0.6) is 11.5 Å². The van der Waals surface area contributed by atoms with Crippen molar-refractivity contribution in [3.05, 3.63) is 64.6 Å². The number of amides is 2. The van der Waals surface area contributed by atoms with E-state index in [0.29, 0.717) is 22.0 Å². The normalized spacial score (nSPS) is 15.2. The van der Waals surface area contributed by atoms with E-state index in [-0.39, 0.29) is 4.32 Å². The molecule has 1 fully saturated rings. The van der Waals surface area contributed by atoms with E-state index >= 15 is 0 Å². The van der Waals surface area contributed by atoms with Crippen LogP contribution in [0.15, 0.2) is 53.4 Å². The molecule has 1 N–H and O–H groups in total. The zero-order chi connectivity index (χ0) is 19.4. The molecule has 0 atom stereocenters. The number of ether oxygens (including phenoxy) is 2. The van der Waals surface area contributed by atoms with Crippen molar-refractivity contribution in [2.75, 3.05) is 14.2 Å². The predicted octanol–water partition coefficient (Wildman–Crippen LogP) is 3.25. The molecule has 0 radical (unpaired) electrons. The first-order valence-corrected chi connectivity index (χ1v) is 9.11. The number of carbonyl (C=O) groups excluding carboxylic acids is 2. The van der Waals surface area contributed by atoms with Crippen LogP contribution in [0.1, 0.15) is 15.9 Å². The van der Waals surface area contributed by atoms with Crippen molar-refractivity contribution < 1.29 is 19.1 Å². The number of methoxy groups -OCH3 is 2. The fraction of sp³-hybridized carbons (Fsp3) is 0.105. The molecule has 2 aromatic carbocycles. The van der Waals surface area contributed by atoms with Crippen molar-refractivity contribution in [3.63, 3.8) is 0 Å². The number of thiocarbonyl (C=S) groups is 1. The van der Waals surface area contributed by atoms with E-state index in [1.807, 2.05) is 6.07 Å². The van der Waals surface area contributed by atoms with Gasteiger partial charge in [0.1, 0.15) is 11.5 Å². The Morgan fingerprint density at radius 3 is 2.33 bits per heavy atom. The Labute approximate surface area is 166 Å². The van der Waals surface area contributed by atoms with Gasteiger partial charge < -0.3 is 9.47 Å². The molecule has 1 heterocycles. The Balaban J connectivity index is 1.81. The Kier molecular flexibility index (Phi) is 5.78. The Morgan fingerprint density at radius 2 is 1.74 bits per heavy atom. The minimum absolute atomic E-state index is 0.255. The van der Waals surface area contributed by atoms with Gasteiger partial charge in [-0.05, 0) is 48.1 Å². The molecule has 0 bridgehead atoms. The maximum atomic E-state index is 12.7. The summed E-state index contributed by atoms with van der Waals surface area (Å²) in [4.78, 5) is 25.4. The summed E-state index contributed by atoms with van der Waals surface area (Å²) in [6.45, 7) is 0. The topological polar surface area (TPSA) is 67.9 Å².